The smallest absolute Gasteiger partial charge is 0.270 e. The number of nitro groups is 1. The number of nitro benzene ring substituents is 1. The second kappa shape index (κ2) is 6.50. The topological polar surface area (TPSA) is 101 Å². The van der Waals surface area contributed by atoms with Gasteiger partial charge in [0.1, 0.15) is 0 Å². The third-order valence-electron chi connectivity index (χ3n) is 3.60. The maximum Gasteiger partial charge on any atom is 0.270 e. The van der Waals surface area contributed by atoms with Crippen LogP contribution in [0.1, 0.15) is 24.8 Å². The van der Waals surface area contributed by atoms with Crippen molar-refractivity contribution in [2.24, 2.45) is 0 Å². The molecule has 1 fully saturated rings. The highest BCUT2D eigenvalue weighted by molar-refractivity contribution is 7.89. The van der Waals surface area contributed by atoms with Gasteiger partial charge in [0.2, 0.25) is 10.0 Å². The Labute approximate surface area is 123 Å². The molecule has 0 aliphatic carbocycles. The number of nitrogens with zero attached hydrogens (tertiary/aromatic N) is 1. The van der Waals surface area contributed by atoms with Gasteiger partial charge in [0, 0.05) is 24.7 Å². The molecule has 21 heavy (non-hydrogen) atoms. The van der Waals surface area contributed by atoms with Crippen LogP contribution in [0.5, 0.6) is 0 Å². The second-order valence-electron chi connectivity index (χ2n) is 5.21. The maximum absolute atomic E-state index is 12.3. The summed E-state index contributed by atoms with van der Waals surface area (Å²) in [6.45, 7) is 2.81. The molecule has 0 spiro atoms. The van der Waals surface area contributed by atoms with Gasteiger partial charge in [-0.1, -0.05) is 12.5 Å². The summed E-state index contributed by atoms with van der Waals surface area (Å²) in [5.41, 5.74) is 0.265. The van der Waals surface area contributed by atoms with Crippen molar-refractivity contribution in [2.75, 3.05) is 13.1 Å². The molecule has 1 heterocycles. The molecule has 7 nitrogen and oxygen atoms in total. The first-order chi connectivity index (χ1) is 9.90. The number of non-ortho nitro benzene ring substituents is 1. The molecule has 116 valence electrons. The van der Waals surface area contributed by atoms with E-state index >= 15 is 0 Å². The third kappa shape index (κ3) is 3.99. The number of aryl methyl sites for hydroxylation is 1. The van der Waals surface area contributed by atoms with E-state index in [1.54, 1.807) is 6.92 Å². The third-order valence-corrected chi connectivity index (χ3v) is 5.17. The Kier molecular flexibility index (Phi) is 4.92. The van der Waals surface area contributed by atoms with Crippen LogP contribution in [-0.4, -0.2) is 32.5 Å². The summed E-state index contributed by atoms with van der Waals surface area (Å²) < 4.78 is 27.2. The molecule has 1 aliphatic rings. The zero-order valence-electron chi connectivity index (χ0n) is 11.8. The highest BCUT2D eigenvalue weighted by atomic mass is 32.2. The number of hydrogen-bond acceptors (Lipinski definition) is 5. The molecular weight excluding hydrogens is 294 g/mol. The Morgan fingerprint density at radius 2 is 2.19 bits per heavy atom. The van der Waals surface area contributed by atoms with Gasteiger partial charge >= 0.3 is 0 Å². The molecule has 0 amide bonds. The Balaban J connectivity index is 2.14. The molecule has 8 heteroatoms. The highest BCUT2D eigenvalue weighted by Crippen LogP contribution is 2.21. The van der Waals surface area contributed by atoms with Gasteiger partial charge in [-0.2, -0.15) is 0 Å². The molecule has 1 aromatic carbocycles. The fourth-order valence-electron chi connectivity index (χ4n) is 2.38. The molecule has 1 atom stereocenters. The molecule has 1 saturated heterocycles. The first kappa shape index (κ1) is 15.9. The maximum atomic E-state index is 12.3. The van der Waals surface area contributed by atoms with Crippen LogP contribution in [-0.2, 0) is 10.0 Å². The van der Waals surface area contributed by atoms with Gasteiger partial charge in [-0.15, -0.1) is 0 Å². The van der Waals surface area contributed by atoms with Gasteiger partial charge in [-0.3, -0.25) is 10.1 Å². The first-order valence-electron chi connectivity index (χ1n) is 6.88. The van der Waals surface area contributed by atoms with Crippen molar-refractivity contribution < 1.29 is 13.3 Å². The number of sulfonamides is 1. The Bertz CT molecular complexity index is 624. The molecule has 0 bridgehead atoms. The van der Waals surface area contributed by atoms with E-state index in [0.29, 0.717) is 12.1 Å². The van der Waals surface area contributed by atoms with E-state index in [2.05, 4.69) is 10.0 Å². The molecule has 1 aromatic rings. The zero-order valence-corrected chi connectivity index (χ0v) is 12.6. The Morgan fingerprint density at radius 3 is 2.81 bits per heavy atom. The summed E-state index contributed by atoms with van der Waals surface area (Å²) in [6.07, 6.45) is 3.11. The minimum absolute atomic E-state index is 0.0347. The summed E-state index contributed by atoms with van der Waals surface area (Å²) in [4.78, 5) is 10.1. The first-order valence-corrected chi connectivity index (χ1v) is 8.36. The molecule has 0 aromatic heterocycles. The van der Waals surface area contributed by atoms with Gasteiger partial charge in [0.15, 0.2) is 0 Å². The normalized spacial score (nSPS) is 19.4. The molecule has 0 saturated carbocycles. The van der Waals surface area contributed by atoms with Crippen molar-refractivity contribution >= 4 is 15.7 Å². The molecular formula is C13H19N3O4S. The summed E-state index contributed by atoms with van der Waals surface area (Å²) in [6, 6.07) is 3.97. The van der Waals surface area contributed by atoms with Crippen LogP contribution in [0, 0.1) is 17.0 Å². The summed E-state index contributed by atoms with van der Waals surface area (Å²) in [5.74, 6) is 0. The minimum Gasteiger partial charge on any atom is -0.313 e. The molecule has 0 radical (unpaired) electrons. The van der Waals surface area contributed by atoms with Crippen LogP contribution < -0.4 is 10.0 Å². The SMILES string of the molecule is Cc1ccc([N+](=O)[O-])cc1S(=O)(=O)NCC1CCCCN1. The van der Waals surface area contributed by atoms with Crippen molar-refractivity contribution in [1.29, 1.82) is 0 Å². The van der Waals surface area contributed by atoms with Gasteiger partial charge in [0.05, 0.1) is 9.82 Å². The van der Waals surface area contributed by atoms with Gasteiger partial charge in [-0.05, 0) is 31.9 Å². The largest absolute Gasteiger partial charge is 0.313 e. The van der Waals surface area contributed by atoms with E-state index < -0.39 is 14.9 Å². The number of rotatable bonds is 5. The zero-order chi connectivity index (χ0) is 15.5. The van der Waals surface area contributed by atoms with E-state index in [0.717, 1.165) is 31.9 Å². The fraction of sp³-hybridized carbons (Fsp3) is 0.538. The van der Waals surface area contributed by atoms with Crippen molar-refractivity contribution in [1.82, 2.24) is 10.0 Å². The van der Waals surface area contributed by atoms with Gasteiger partial charge in [0.25, 0.3) is 5.69 Å². The molecule has 1 aliphatic heterocycles. The fourth-order valence-corrected chi connectivity index (χ4v) is 3.72. The lowest BCUT2D eigenvalue weighted by Crippen LogP contribution is -2.43. The van der Waals surface area contributed by atoms with E-state index in [-0.39, 0.29) is 16.6 Å². The average molecular weight is 313 g/mol. The Morgan fingerprint density at radius 1 is 1.43 bits per heavy atom. The summed E-state index contributed by atoms with van der Waals surface area (Å²) >= 11 is 0. The standard InChI is InChI=1S/C13H19N3O4S/c1-10-5-6-12(16(17)18)8-13(10)21(19,20)15-9-11-4-2-3-7-14-11/h5-6,8,11,14-15H,2-4,7,9H2,1H3. The van der Waals surface area contributed by atoms with E-state index in [9.17, 15) is 18.5 Å². The second-order valence-corrected chi connectivity index (χ2v) is 6.94. The van der Waals surface area contributed by atoms with Gasteiger partial charge < -0.3 is 5.32 Å². The number of nitrogens with one attached hydrogen (secondary N) is 2. The van der Waals surface area contributed by atoms with Crippen molar-refractivity contribution in [2.45, 2.75) is 37.1 Å². The number of piperidine rings is 1. The van der Waals surface area contributed by atoms with E-state index in [1.807, 2.05) is 0 Å². The molecule has 1 unspecified atom stereocenters. The predicted molar refractivity (Wildman–Crippen MR) is 78.7 cm³/mol. The quantitative estimate of drug-likeness (QED) is 0.630. The summed E-state index contributed by atoms with van der Waals surface area (Å²) in [5, 5.41) is 14.0. The van der Waals surface area contributed by atoms with Crippen LogP contribution in [0.3, 0.4) is 0 Å². The highest BCUT2D eigenvalue weighted by Gasteiger charge is 2.22. The predicted octanol–water partition coefficient (Wildman–Crippen LogP) is 1.32. The van der Waals surface area contributed by atoms with Crippen LogP contribution in [0.4, 0.5) is 5.69 Å². The van der Waals surface area contributed by atoms with Crippen LogP contribution in [0.25, 0.3) is 0 Å². The lowest BCUT2D eigenvalue weighted by molar-refractivity contribution is -0.385. The lowest BCUT2D eigenvalue weighted by atomic mass is 10.1. The van der Waals surface area contributed by atoms with Crippen molar-refractivity contribution in [3.63, 3.8) is 0 Å². The lowest BCUT2D eigenvalue weighted by Gasteiger charge is -2.23. The molecule has 2 N–H and O–H groups in total. The summed E-state index contributed by atoms with van der Waals surface area (Å²) in [7, 11) is -3.74. The Hall–Kier alpha value is -1.51. The van der Waals surface area contributed by atoms with E-state index in [1.165, 1.54) is 12.1 Å². The number of hydrogen-bond donors (Lipinski definition) is 2. The van der Waals surface area contributed by atoms with Crippen LogP contribution in [0.2, 0.25) is 0 Å². The van der Waals surface area contributed by atoms with Crippen LogP contribution >= 0.6 is 0 Å². The van der Waals surface area contributed by atoms with Crippen molar-refractivity contribution in [3.8, 4) is 0 Å². The van der Waals surface area contributed by atoms with Crippen LogP contribution in [0.15, 0.2) is 23.1 Å². The molecule has 2 rings (SSSR count). The van der Waals surface area contributed by atoms with E-state index in [4.69, 9.17) is 0 Å². The van der Waals surface area contributed by atoms with Gasteiger partial charge in [-0.25, -0.2) is 13.1 Å². The minimum atomic E-state index is -3.74. The number of benzene rings is 1. The average Bonchev–Trinajstić information content (AvgIpc) is 2.46. The van der Waals surface area contributed by atoms with Crippen molar-refractivity contribution in [3.05, 3.63) is 33.9 Å². The monoisotopic (exact) mass is 313 g/mol.